The van der Waals surface area contributed by atoms with Crippen molar-refractivity contribution in [2.24, 2.45) is 0 Å². The molecule has 0 aliphatic heterocycles. The molecule has 1 aromatic carbocycles. The number of anilines is 3. The average molecular weight is 311 g/mol. The third-order valence-electron chi connectivity index (χ3n) is 4.04. The summed E-state index contributed by atoms with van der Waals surface area (Å²) in [6.07, 6.45) is 7.70. The normalized spacial score (nSPS) is 15.2. The summed E-state index contributed by atoms with van der Waals surface area (Å²) in [6, 6.07) is 7.76. The van der Waals surface area contributed by atoms with E-state index in [4.69, 9.17) is 0 Å². The number of benzene rings is 1. The SMILES string of the molecule is CC(=O)c1cccc(Nc2cnnc(NC3CCCCC3)n2)c1. The molecule has 120 valence electrons. The highest BCUT2D eigenvalue weighted by molar-refractivity contribution is 5.95. The monoisotopic (exact) mass is 311 g/mol. The molecule has 6 heteroatoms. The number of nitrogens with zero attached hydrogens (tertiary/aromatic N) is 3. The third-order valence-corrected chi connectivity index (χ3v) is 4.04. The second-order valence-corrected chi connectivity index (χ2v) is 5.91. The molecule has 6 nitrogen and oxygen atoms in total. The van der Waals surface area contributed by atoms with Crippen molar-refractivity contribution in [1.29, 1.82) is 0 Å². The van der Waals surface area contributed by atoms with Gasteiger partial charge in [0.2, 0.25) is 5.95 Å². The summed E-state index contributed by atoms with van der Waals surface area (Å²) >= 11 is 0. The number of ketones is 1. The van der Waals surface area contributed by atoms with E-state index in [0.717, 1.165) is 18.5 Å². The van der Waals surface area contributed by atoms with Gasteiger partial charge in [-0.3, -0.25) is 4.79 Å². The molecule has 1 aromatic heterocycles. The minimum atomic E-state index is 0.0362. The van der Waals surface area contributed by atoms with Crippen molar-refractivity contribution in [3.63, 3.8) is 0 Å². The maximum Gasteiger partial charge on any atom is 0.244 e. The van der Waals surface area contributed by atoms with Gasteiger partial charge in [-0.15, -0.1) is 5.10 Å². The molecule has 1 heterocycles. The predicted octanol–water partition coefficient (Wildman–Crippen LogP) is 3.56. The summed E-state index contributed by atoms with van der Waals surface area (Å²) < 4.78 is 0. The number of hydrogen-bond donors (Lipinski definition) is 2. The second kappa shape index (κ2) is 7.17. The highest BCUT2D eigenvalue weighted by Crippen LogP contribution is 2.21. The van der Waals surface area contributed by atoms with E-state index in [1.165, 1.54) is 19.3 Å². The second-order valence-electron chi connectivity index (χ2n) is 5.91. The molecule has 1 saturated carbocycles. The lowest BCUT2D eigenvalue weighted by Gasteiger charge is -2.22. The Labute approximate surface area is 135 Å². The van der Waals surface area contributed by atoms with Gasteiger partial charge in [-0.05, 0) is 31.9 Å². The molecule has 0 bridgehead atoms. The number of carbonyl (C=O) groups is 1. The van der Waals surface area contributed by atoms with Crippen LogP contribution in [0.5, 0.6) is 0 Å². The lowest BCUT2D eigenvalue weighted by atomic mass is 9.96. The van der Waals surface area contributed by atoms with Crippen LogP contribution in [0.25, 0.3) is 0 Å². The Kier molecular flexibility index (Phi) is 4.80. The van der Waals surface area contributed by atoms with Crippen LogP contribution in [0, 0.1) is 0 Å². The zero-order valence-electron chi connectivity index (χ0n) is 13.2. The minimum absolute atomic E-state index is 0.0362. The van der Waals surface area contributed by atoms with Crippen LogP contribution in [0.15, 0.2) is 30.5 Å². The van der Waals surface area contributed by atoms with Crippen molar-refractivity contribution in [3.05, 3.63) is 36.0 Å². The highest BCUT2D eigenvalue weighted by atomic mass is 16.1. The molecule has 0 atom stereocenters. The van der Waals surface area contributed by atoms with Crippen molar-refractivity contribution in [2.75, 3.05) is 10.6 Å². The molecule has 0 spiro atoms. The molecule has 23 heavy (non-hydrogen) atoms. The molecule has 2 aromatic rings. The number of aromatic nitrogens is 3. The quantitative estimate of drug-likeness (QED) is 0.822. The van der Waals surface area contributed by atoms with E-state index in [2.05, 4.69) is 25.8 Å². The molecule has 0 unspecified atom stereocenters. The van der Waals surface area contributed by atoms with Gasteiger partial charge in [0.25, 0.3) is 0 Å². The Bertz CT molecular complexity index is 682. The van der Waals surface area contributed by atoms with E-state index in [-0.39, 0.29) is 5.78 Å². The maximum absolute atomic E-state index is 11.4. The summed E-state index contributed by atoms with van der Waals surface area (Å²) in [7, 11) is 0. The van der Waals surface area contributed by atoms with Crippen LogP contribution in [0.1, 0.15) is 49.4 Å². The van der Waals surface area contributed by atoms with Crippen LogP contribution in [0.3, 0.4) is 0 Å². The number of hydrogen-bond acceptors (Lipinski definition) is 6. The van der Waals surface area contributed by atoms with Gasteiger partial charge < -0.3 is 10.6 Å². The first-order valence-electron chi connectivity index (χ1n) is 8.05. The smallest absolute Gasteiger partial charge is 0.244 e. The fourth-order valence-corrected chi connectivity index (χ4v) is 2.82. The number of rotatable bonds is 5. The predicted molar refractivity (Wildman–Crippen MR) is 90.1 cm³/mol. The molecule has 2 N–H and O–H groups in total. The van der Waals surface area contributed by atoms with Crippen molar-refractivity contribution in [1.82, 2.24) is 15.2 Å². The summed E-state index contributed by atoms with van der Waals surface area (Å²) in [5, 5.41) is 14.6. The Balaban J connectivity index is 1.69. The summed E-state index contributed by atoms with van der Waals surface area (Å²) in [5.41, 5.74) is 1.47. The number of carbonyl (C=O) groups excluding carboxylic acids is 1. The first-order chi connectivity index (χ1) is 11.2. The fourth-order valence-electron chi connectivity index (χ4n) is 2.82. The van der Waals surface area contributed by atoms with Crippen LogP contribution in [0.4, 0.5) is 17.5 Å². The zero-order valence-corrected chi connectivity index (χ0v) is 13.2. The molecular weight excluding hydrogens is 290 g/mol. The first-order valence-corrected chi connectivity index (χ1v) is 8.05. The Hall–Kier alpha value is -2.50. The molecular formula is C17H21N5O. The zero-order chi connectivity index (χ0) is 16.1. The lowest BCUT2D eigenvalue weighted by molar-refractivity contribution is 0.101. The molecule has 1 fully saturated rings. The van der Waals surface area contributed by atoms with Gasteiger partial charge in [0.15, 0.2) is 11.6 Å². The van der Waals surface area contributed by atoms with Gasteiger partial charge in [-0.1, -0.05) is 31.4 Å². The number of Topliss-reactive ketones (excluding diaryl/α,β-unsaturated/α-hetero) is 1. The largest absolute Gasteiger partial charge is 0.350 e. The molecule has 0 amide bonds. The van der Waals surface area contributed by atoms with Crippen molar-refractivity contribution >= 4 is 23.2 Å². The number of nitrogens with one attached hydrogen (secondary N) is 2. The Morgan fingerprint density at radius 1 is 1.22 bits per heavy atom. The molecule has 0 radical (unpaired) electrons. The fraction of sp³-hybridized carbons (Fsp3) is 0.412. The first kappa shape index (κ1) is 15.4. The molecule has 1 aliphatic carbocycles. The van der Waals surface area contributed by atoms with Gasteiger partial charge in [0.05, 0.1) is 6.20 Å². The lowest BCUT2D eigenvalue weighted by Crippen LogP contribution is -2.23. The van der Waals surface area contributed by atoms with Crippen LogP contribution >= 0.6 is 0 Å². The Morgan fingerprint density at radius 3 is 2.83 bits per heavy atom. The molecule has 3 rings (SSSR count). The van der Waals surface area contributed by atoms with E-state index >= 15 is 0 Å². The van der Waals surface area contributed by atoms with E-state index in [1.807, 2.05) is 12.1 Å². The average Bonchev–Trinajstić information content (AvgIpc) is 2.56. The molecule has 0 saturated heterocycles. The summed E-state index contributed by atoms with van der Waals surface area (Å²) in [5.74, 6) is 1.19. The van der Waals surface area contributed by atoms with E-state index in [9.17, 15) is 4.79 Å². The van der Waals surface area contributed by atoms with E-state index < -0.39 is 0 Å². The van der Waals surface area contributed by atoms with Crippen LogP contribution < -0.4 is 10.6 Å². The summed E-state index contributed by atoms with van der Waals surface area (Å²) in [4.78, 5) is 15.9. The topological polar surface area (TPSA) is 79.8 Å². The maximum atomic E-state index is 11.4. The van der Waals surface area contributed by atoms with E-state index in [1.54, 1.807) is 25.3 Å². The minimum Gasteiger partial charge on any atom is -0.350 e. The summed E-state index contributed by atoms with van der Waals surface area (Å²) in [6.45, 7) is 1.55. The Morgan fingerprint density at radius 2 is 2.04 bits per heavy atom. The van der Waals surface area contributed by atoms with Gasteiger partial charge >= 0.3 is 0 Å². The van der Waals surface area contributed by atoms with Gasteiger partial charge in [-0.2, -0.15) is 10.1 Å². The van der Waals surface area contributed by atoms with Crippen molar-refractivity contribution in [3.8, 4) is 0 Å². The third kappa shape index (κ3) is 4.25. The van der Waals surface area contributed by atoms with Crippen LogP contribution in [-0.2, 0) is 0 Å². The molecule has 1 aliphatic rings. The van der Waals surface area contributed by atoms with Crippen LogP contribution in [-0.4, -0.2) is 27.0 Å². The van der Waals surface area contributed by atoms with Gasteiger partial charge in [-0.25, -0.2) is 0 Å². The highest BCUT2D eigenvalue weighted by Gasteiger charge is 2.14. The van der Waals surface area contributed by atoms with Crippen LogP contribution in [0.2, 0.25) is 0 Å². The van der Waals surface area contributed by atoms with Crippen molar-refractivity contribution < 1.29 is 4.79 Å². The van der Waals surface area contributed by atoms with E-state index in [0.29, 0.717) is 23.4 Å². The van der Waals surface area contributed by atoms with Crippen molar-refractivity contribution in [2.45, 2.75) is 45.1 Å². The van der Waals surface area contributed by atoms with Gasteiger partial charge in [0.1, 0.15) is 0 Å². The standard InChI is InChI=1S/C17H21N5O/c1-12(23)13-6-5-9-15(10-13)19-16-11-18-22-17(21-16)20-14-7-3-2-4-8-14/h5-6,9-11,14H,2-4,7-8H2,1H3,(H2,19,20,21,22). The van der Waals surface area contributed by atoms with Gasteiger partial charge in [0, 0.05) is 17.3 Å².